The number of hydrogen-bond donors (Lipinski definition) is 1. The van der Waals surface area contributed by atoms with Crippen molar-refractivity contribution in [1.29, 1.82) is 0 Å². The van der Waals surface area contributed by atoms with Crippen LogP contribution in [0, 0.1) is 5.92 Å². The van der Waals surface area contributed by atoms with E-state index < -0.39 is 0 Å². The lowest BCUT2D eigenvalue weighted by Crippen LogP contribution is -2.38. The minimum Gasteiger partial charge on any atom is -0.343 e. The van der Waals surface area contributed by atoms with Crippen LogP contribution < -0.4 is 5.48 Å². The van der Waals surface area contributed by atoms with Gasteiger partial charge in [-0.1, -0.05) is 0 Å². The van der Waals surface area contributed by atoms with E-state index in [1.54, 1.807) is 14.0 Å². The lowest BCUT2D eigenvalue weighted by Gasteiger charge is -2.31. The first-order chi connectivity index (χ1) is 6.74. The molecule has 82 valence electrons. The molecule has 1 heterocycles. The predicted octanol–water partition coefficient (Wildman–Crippen LogP) is 0.786. The van der Waals surface area contributed by atoms with Gasteiger partial charge in [0.05, 0.1) is 6.61 Å². The smallest absolute Gasteiger partial charge is 0.219 e. The maximum Gasteiger partial charge on any atom is 0.219 e. The van der Waals surface area contributed by atoms with E-state index in [0.717, 1.165) is 32.5 Å². The fourth-order valence-electron chi connectivity index (χ4n) is 1.91. The standard InChI is InChI=1S/C10H20N2O2/c1-9(13)12-6-3-4-10(8-12)5-7-14-11-2/h10-11H,3-8H2,1-2H3. The number of rotatable bonds is 4. The minimum absolute atomic E-state index is 0.198. The summed E-state index contributed by atoms with van der Waals surface area (Å²) in [5.41, 5.74) is 2.66. The Morgan fingerprint density at radius 1 is 1.64 bits per heavy atom. The number of hydroxylamine groups is 1. The van der Waals surface area contributed by atoms with Gasteiger partial charge in [0, 0.05) is 27.1 Å². The Kier molecular flexibility index (Phi) is 4.90. The molecule has 1 saturated heterocycles. The van der Waals surface area contributed by atoms with Gasteiger partial charge in [-0.3, -0.25) is 4.79 Å². The van der Waals surface area contributed by atoms with E-state index in [2.05, 4.69) is 5.48 Å². The fraction of sp³-hybridized carbons (Fsp3) is 0.900. The Labute approximate surface area is 85.6 Å². The van der Waals surface area contributed by atoms with Gasteiger partial charge in [-0.15, -0.1) is 0 Å². The molecule has 1 fully saturated rings. The molecule has 14 heavy (non-hydrogen) atoms. The molecule has 0 aromatic heterocycles. The molecule has 0 radical (unpaired) electrons. The maximum atomic E-state index is 11.2. The third kappa shape index (κ3) is 3.64. The highest BCUT2D eigenvalue weighted by Crippen LogP contribution is 2.19. The number of carbonyl (C=O) groups is 1. The van der Waals surface area contributed by atoms with Crippen LogP contribution in [0.2, 0.25) is 0 Å². The van der Waals surface area contributed by atoms with E-state index in [9.17, 15) is 4.79 Å². The predicted molar refractivity (Wildman–Crippen MR) is 54.6 cm³/mol. The summed E-state index contributed by atoms with van der Waals surface area (Å²) in [5, 5.41) is 0. The highest BCUT2D eigenvalue weighted by Gasteiger charge is 2.20. The van der Waals surface area contributed by atoms with Crippen LogP contribution in [0.25, 0.3) is 0 Å². The van der Waals surface area contributed by atoms with Crippen molar-refractivity contribution in [2.75, 3.05) is 26.7 Å². The van der Waals surface area contributed by atoms with Gasteiger partial charge in [-0.2, -0.15) is 0 Å². The SMILES string of the molecule is CNOCCC1CCCN(C(C)=O)C1. The molecule has 1 atom stereocenters. The van der Waals surface area contributed by atoms with Crippen molar-refractivity contribution in [3.05, 3.63) is 0 Å². The van der Waals surface area contributed by atoms with Crippen molar-refractivity contribution in [2.45, 2.75) is 26.2 Å². The normalized spacial score (nSPS) is 22.4. The van der Waals surface area contributed by atoms with E-state index in [-0.39, 0.29) is 5.91 Å². The zero-order chi connectivity index (χ0) is 10.4. The van der Waals surface area contributed by atoms with E-state index >= 15 is 0 Å². The molecule has 4 nitrogen and oxygen atoms in total. The molecule has 1 aliphatic rings. The number of carbonyl (C=O) groups excluding carboxylic acids is 1. The first-order valence-electron chi connectivity index (χ1n) is 5.28. The summed E-state index contributed by atoms with van der Waals surface area (Å²) in [4.78, 5) is 18.2. The van der Waals surface area contributed by atoms with Crippen molar-refractivity contribution in [2.24, 2.45) is 5.92 Å². The van der Waals surface area contributed by atoms with E-state index in [1.807, 2.05) is 4.90 Å². The third-order valence-electron chi connectivity index (χ3n) is 2.74. The number of hydrogen-bond acceptors (Lipinski definition) is 3. The quantitative estimate of drug-likeness (QED) is 0.539. The zero-order valence-electron chi connectivity index (χ0n) is 9.08. The average molecular weight is 200 g/mol. The second-order valence-electron chi connectivity index (χ2n) is 3.81. The number of nitrogens with one attached hydrogen (secondary N) is 1. The topological polar surface area (TPSA) is 41.6 Å². The number of likely N-dealkylation sites (tertiary alicyclic amines) is 1. The molecule has 0 aromatic carbocycles. The Bertz CT molecular complexity index is 185. The highest BCUT2D eigenvalue weighted by molar-refractivity contribution is 5.73. The van der Waals surface area contributed by atoms with Crippen LogP contribution >= 0.6 is 0 Å². The molecule has 0 bridgehead atoms. The molecule has 0 aromatic rings. The molecule has 0 spiro atoms. The first kappa shape index (κ1) is 11.5. The fourth-order valence-corrected chi connectivity index (χ4v) is 1.91. The summed E-state index contributed by atoms with van der Waals surface area (Å²) < 4.78 is 0. The van der Waals surface area contributed by atoms with Crippen molar-refractivity contribution < 1.29 is 9.63 Å². The lowest BCUT2D eigenvalue weighted by atomic mass is 9.95. The van der Waals surface area contributed by atoms with Gasteiger partial charge in [0.25, 0.3) is 0 Å². The van der Waals surface area contributed by atoms with Crippen LogP contribution in [0.5, 0.6) is 0 Å². The summed E-state index contributed by atoms with van der Waals surface area (Å²) in [5.74, 6) is 0.810. The molecule has 0 saturated carbocycles. The Balaban J connectivity index is 2.22. The molecule has 1 aliphatic heterocycles. The van der Waals surface area contributed by atoms with Crippen LogP contribution in [-0.4, -0.2) is 37.6 Å². The summed E-state index contributed by atoms with van der Waals surface area (Å²) in [6.45, 7) is 4.21. The number of piperidine rings is 1. The van der Waals surface area contributed by atoms with Crippen LogP contribution in [-0.2, 0) is 9.63 Å². The summed E-state index contributed by atoms with van der Waals surface area (Å²) in [7, 11) is 1.77. The monoisotopic (exact) mass is 200 g/mol. The number of amides is 1. The van der Waals surface area contributed by atoms with Gasteiger partial charge >= 0.3 is 0 Å². The maximum absolute atomic E-state index is 11.2. The Hall–Kier alpha value is -0.610. The van der Waals surface area contributed by atoms with Crippen molar-refractivity contribution in [1.82, 2.24) is 10.4 Å². The molecule has 1 unspecified atom stereocenters. The van der Waals surface area contributed by atoms with Crippen molar-refractivity contribution in [3.8, 4) is 0 Å². The largest absolute Gasteiger partial charge is 0.343 e. The molecule has 1 amide bonds. The van der Waals surface area contributed by atoms with Gasteiger partial charge in [0.2, 0.25) is 5.91 Å². The molecule has 1 N–H and O–H groups in total. The molecule has 1 rings (SSSR count). The molecular formula is C10H20N2O2. The molecular weight excluding hydrogens is 180 g/mol. The average Bonchev–Trinajstić information content (AvgIpc) is 2.19. The van der Waals surface area contributed by atoms with Gasteiger partial charge in [-0.25, -0.2) is 5.48 Å². The first-order valence-corrected chi connectivity index (χ1v) is 5.28. The molecule has 4 heteroatoms. The third-order valence-corrected chi connectivity index (χ3v) is 2.74. The summed E-state index contributed by atoms with van der Waals surface area (Å²) in [6, 6.07) is 0. The van der Waals surface area contributed by atoms with E-state index in [1.165, 1.54) is 6.42 Å². The second kappa shape index (κ2) is 5.98. The second-order valence-corrected chi connectivity index (χ2v) is 3.81. The van der Waals surface area contributed by atoms with Gasteiger partial charge in [-0.05, 0) is 25.2 Å². The number of nitrogens with zero attached hydrogens (tertiary/aromatic N) is 1. The van der Waals surface area contributed by atoms with Crippen molar-refractivity contribution in [3.63, 3.8) is 0 Å². The van der Waals surface area contributed by atoms with Gasteiger partial charge in [0.15, 0.2) is 0 Å². The lowest BCUT2D eigenvalue weighted by molar-refractivity contribution is -0.130. The Morgan fingerprint density at radius 2 is 2.43 bits per heavy atom. The summed E-state index contributed by atoms with van der Waals surface area (Å²) in [6.07, 6.45) is 3.38. The van der Waals surface area contributed by atoms with Crippen molar-refractivity contribution >= 4 is 5.91 Å². The van der Waals surface area contributed by atoms with E-state index in [4.69, 9.17) is 4.84 Å². The minimum atomic E-state index is 0.198. The summed E-state index contributed by atoms with van der Waals surface area (Å²) >= 11 is 0. The van der Waals surface area contributed by atoms with Crippen LogP contribution in [0.4, 0.5) is 0 Å². The Morgan fingerprint density at radius 3 is 3.07 bits per heavy atom. The van der Waals surface area contributed by atoms with Crippen LogP contribution in [0.3, 0.4) is 0 Å². The molecule has 0 aliphatic carbocycles. The van der Waals surface area contributed by atoms with E-state index in [0.29, 0.717) is 5.92 Å². The van der Waals surface area contributed by atoms with Crippen LogP contribution in [0.1, 0.15) is 26.2 Å². The van der Waals surface area contributed by atoms with Gasteiger partial charge < -0.3 is 9.74 Å². The zero-order valence-corrected chi connectivity index (χ0v) is 9.08. The van der Waals surface area contributed by atoms with Crippen LogP contribution in [0.15, 0.2) is 0 Å². The van der Waals surface area contributed by atoms with Gasteiger partial charge in [0.1, 0.15) is 0 Å². The highest BCUT2D eigenvalue weighted by atomic mass is 16.6.